The summed E-state index contributed by atoms with van der Waals surface area (Å²) in [4.78, 5) is 10.6. The van der Waals surface area contributed by atoms with Crippen LogP contribution >= 0.6 is 0 Å². The Labute approximate surface area is 125 Å². The van der Waals surface area contributed by atoms with Crippen molar-refractivity contribution < 1.29 is 13.6 Å². The van der Waals surface area contributed by atoms with E-state index in [0.29, 0.717) is 23.9 Å². The smallest absolute Gasteiger partial charge is 0.176 e. The second kappa shape index (κ2) is 8.20. The average Bonchev–Trinajstić information content (AvgIpc) is 2.89. The van der Waals surface area contributed by atoms with Crippen LogP contribution in [0, 0.1) is 5.82 Å². The molecular formula is C18H21FO2. The highest BCUT2D eigenvalue weighted by molar-refractivity contribution is 5.86. The number of hydrogen-bond donors (Lipinski definition) is 0. The summed E-state index contributed by atoms with van der Waals surface area (Å²) in [6, 6.07) is 4.91. The Bertz CT molecular complexity index is 651. The van der Waals surface area contributed by atoms with Gasteiger partial charge in [0.05, 0.1) is 5.56 Å². The highest BCUT2D eigenvalue weighted by atomic mass is 19.1. The predicted molar refractivity (Wildman–Crippen MR) is 85.2 cm³/mol. The molecule has 0 aliphatic rings. The summed E-state index contributed by atoms with van der Waals surface area (Å²) in [6.45, 7) is 9.85. The second-order valence-electron chi connectivity index (χ2n) is 4.67. The minimum atomic E-state index is -0.602. The lowest BCUT2D eigenvalue weighted by molar-refractivity contribution is 0.112. The molecule has 2 rings (SSSR count). The van der Waals surface area contributed by atoms with Gasteiger partial charge in [-0.2, -0.15) is 0 Å². The minimum absolute atomic E-state index is 0.0124. The second-order valence-corrected chi connectivity index (χ2v) is 4.67. The summed E-state index contributed by atoms with van der Waals surface area (Å²) in [6.07, 6.45) is 5.95. The fourth-order valence-corrected chi connectivity index (χ4v) is 1.81. The first kappa shape index (κ1) is 16.9. The molecule has 0 saturated heterocycles. The van der Waals surface area contributed by atoms with Crippen LogP contribution in [-0.4, -0.2) is 6.29 Å². The van der Waals surface area contributed by atoms with Crippen molar-refractivity contribution in [3.8, 4) is 0 Å². The highest BCUT2D eigenvalue weighted by Crippen LogP contribution is 2.25. The molecule has 0 bridgehead atoms. The quantitative estimate of drug-likeness (QED) is 0.551. The van der Waals surface area contributed by atoms with Crippen molar-refractivity contribution in [1.82, 2.24) is 0 Å². The van der Waals surface area contributed by atoms with Gasteiger partial charge in [0.1, 0.15) is 5.76 Å². The molecule has 0 aliphatic heterocycles. The number of furan rings is 1. The van der Waals surface area contributed by atoms with E-state index in [4.69, 9.17) is 4.42 Å². The maximum absolute atomic E-state index is 13.8. The molecule has 1 aromatic heterocycles. The maximum Gasteiger partial charge on any atom is 0.176 e. The molecule has 0 fully saturated rings. The number of rotatable bonds is 4. The molecule has 2 nitrogen and oxygen atoms in total. The fraction of sp³-hybridized carbons (Fsp3) is 0.278. The van der Waals surface area contributed by atoms with Crippen molar-refractivity contribution in [2.45, 2.75) is 33.6 Å². The predicted octanol–water partition coefficient (Wildman–Crippen LogP) is 5.48. The average molecular weight is 288 g/mol. The van der Waals surface area contributed by atoms with Crippen LogP contribution in [0.25, 0.3) is 11.0 Å². The Balaban J connectivity index is 0.000000677. The van der Waals surface area contributed by atoms with Crippen molar-refractivity contribution in [2.75, 3.05) is 0 Å². The van der Waals surface area contributed by atoms with Crippen LogP contribution in [0.2, 0.25) is 0 Å². The standard InChI is InChI=1S/C15H13FO2.C3H8/c1-3-10(4-2)7-13-8-11-5-6-12(9-17)14(16)15(11)18-13;1-3-2/h3-6,8-9H,1,7H2,2H3;3H2,1-2H3/b10-4+;. The fourth-order valence-electron chi connectivity index (χ4n) is 1.81. The summed E-state index contributed by atoms with van der Waals surface area (Å²) in [7, 11) is 0. The van der Waals surface area contributed by atoms with E-state index in [9.17, 15) is 9.18 Å². The largest absolute Gasteiger partial charge is 0.458 e. The van der Waals surface area contributed by atoms with Gasteiger partial charge in [-0.3, -0.25) is 4.79 Å². The van der Waals surface area contributed by atoms with Gasteiger partial charge >= 0.3 is 0 Å². The molecule has 0 amide bonds. The molecule has 0 aliphatic carbocycles. The summed E-state index contributed by atoms with van der Waals surface area (Å²) in [5.74, 6) is 0.0503. The van der Waals surface area contributed by atoms with E-state index >= 15 is 0 Å². The lowest BCUT2D eigenvalue weighted by Gasteiger charge is -1.97. The topological polar surface area (TPSA) is 30.2 Å². The van der Waals surface area contributed by atoms with Gasteiger partial charge in [-0.15, -0.1) is 0 Å². The van der Waals surface area contributed by atoms with E-state index in [2.05, 4.69) is 20.4 Å². The normalized spacial score (nSPS) is 11.0. The number of fused-ring (bicyclic) bond motifs is 1. The summed E-state index contributed by atoms with van der Waals surface area (Å²) >= 11 is 0. The molecule has 1 heterocycles. The third kappa shape index (κ3) is 4.15. The molecular weight excluding hydrogens is 267 g/mol. The Morgan fingerprint density at radius 3 is 2.57 bits per heavy atom. The molecule has 0 N–H and O–H groups in total. The zero-order chi connectivity index (χ0) is 15.8. The van der Waals surface area contributed by atoms with E-state index in [0.717, 1.165) is 5.57 Å². The van der Waals surface area contributed by atoms with Gasteiger partial charge in [-0.05, 0) is 24.6 Å². The lowest BCUT2D eigenvalue weighted by atomic mass is 10.1. The molecule has 2 aromatic rings. The maximum atomic E-state index is 13.8. The number of allylic oxidation sites excluding steroid dienone is 3. The van der Waals surface area contributed by atoms with Crippen molar-refractivity contribution in [1.29, 1.82) is 0 Å². The molecule has 1 aromatic carbocycles. The summed E-state index contributed by atoms with van der Waals surface area (Å²) < 4.78 is 19.3. The number of aldehydes is 1. The van der Waals surface area contributed by atoms with Gasteiger partial charge in [-0.1, -0.05) is 45.1 Å². The number of halogens is 1. The molecule has 3 heteroatoms. The van der Waals surface area contributed by atoms with Crippen LogP contribution in [0.3, 0.4) is 0 Å². The Morgan fingerprint density at radius 1 is 1.38 bits per heavy atom. The highest BCUT2D eigenvalue weighted by Gasteiger charge is 2.12. The third-order valence-electron chi connectivity index (χ3n) is 2.85. The van der Waals surface area contributed by atoms with E-state index in [1.807, 2.05) is 13.0 Å². The van der Waals surface area contributed by atoms with Crippen LogP contribution in [0.1, 0.15) is 43.3 Å². The van der Waals surface area contributed by atoms with Crippen LogP contribution in [0.15, 0.2) is 46.9 Å². The molecule has 0 unspecified atom stereocenters. The zero-order valence-corrected chi connectivity index (χ0v) is 12.8. The van der Waals surface area contributed by atoms with Crippen molar-refractivity contribution in [2.24, 2.45) is 0 Å². The van der Waals surface area contributed by atoms with Crippen molar-refractivity contribution in [3.63, 3.8) is 0 Å². The molecule has 0 radical (unpaired) electrons. The van der Waals surface area contributed by atoms with E-state index in [-0.39, 0.29) is 11.1 Å². The van der Waals surface area contributed by atoms with Crippen LogP contribution in [-0.2, 0) is 6.42 Å². The zero-order valence-electron chi connectivity index (χ0n) is 12.8. The molecule has 21 heavy (non-hydrogen) atoms. The van der Waals surface area contributed by atoms with Gasteiger partial charge in [0, 0.05) is 11.8 Å². The first-order valence-electron chi connectivity index (χ1n) is 7.04. The Kier molecular flexibility index (Phi) is 6.60. The summed E-state index contributed by atoms with van der Waals surface area (Å²) in [5, 5.41) is 0.660. The number of hydrogen-bond acceptors (Lipinski definition) is 2. The first-order valence-corrected chi connectivity index (χ1v) is 7.04. The Morgan fingerprint density at radius 2 is 2.05 bits per heavy atom. The van der Waals surface area contributed by atoms with Crippen molar-refractivity contribution in [3.05, 3.63) is 59.6 Å². The van der Waals surface area contributed by atoms with Gasteiger partial charge in [-0.25, -0.2) is 4.39 Å². The molecule has 0 atom stereocenters. The van der Waals surface area contributed by atoms with Gasteiger partial charge in [0.25, 0.3) is 0 Å². The van der Waals surface area contributed by atoms with Crippen LogP contribution in [0.4, 0.5) is 4.39 Å². The Hall–Kier alpha value is -2.16. The van der Waals surface area contributed by atoms with Crippen LogP contribution in [0.5, 0.6) is 0 Å². The van der Waals surface area contributed by atoms with E-state index in [1.54, 1.807) is 18.2 Å². The first-order chi connectivity index (χ1) is 10.1. The van der Waals surface area contributed by atoms with Crippen molar-refractivity contribution >= 4 is 17.3 Å². The lowest BCUT2D eigenvalue weighted by Crippen LogP contribution is -1.86. The monoisotopic (exact) mass is 288 g/mol. The van der Waals surface area contributed by atoms with Gasteiger partial charge in [0.2, 0.25) is 0 Å². The third-order valence-corrected chi connectivity index (χ3v) is 2.85. The SMILES string of the molecule is C=C/C(=C\C)Cc1cc2ccc(C=O)c(F)c2o1.CCC. The number of benzene rings is 1. The molecule has 112 valence electrons. The van der Waals surface area contributed by atoms with Gasteiger partial charge < -0.3 is 4.42 Å². The number of carbonyl (C=O) groups is 1. The van der Waals surface area contributed by atoms with E-state index < -0.39 is 5.82 Å². The minimum Gasteiger partial charge on any atom is -0.458 e. The summed E-state index contributed by atoms with van der Waals surface area (Å²) in [5.41, 5.74) is 1.15. The van der Waals surface area contributed by atoms with E-state index in [1.165, 1.54) is 12.5 Å². The van der Waals surface area contributed by atoms with Gasteiger partial charge in [0.15, 0.2) is 17.7 Å². The molecule has 0 spiro atoms. The van der Waals surface area contributed by atoms with Crippen LogP contribution < -0.4 is 0 Å². The molecule has 0 saturated carbocycles. The number of carbonyl (C=O) groups excluding carboxylic acids is 1.